The van der Waals surface area contributed by atoms with Crippen molar-refractivity contribution in [2.75, 3.05) is 11.1 Å². The molecule has 0 atom stereocenters. The molecule has 0 bridgehead atoms. The largest absolute Gasteiger partial charge is 0.345 e. The van der Waals surface area contributed by atoms with Gasteiger partial charge in [-0.25, -0.2) is 9.78 Å². The molecule has 104 valence electrons. The molecule has 0 saturated heterocycles. The molecule has 0 radical (unpaired) electrons. The summed E-state index contributed by atoms with van der Waals surface area (Å²) in [4.78, 5) is 29.3. The highest BCUT2D eigenvalue weighted by molar-refractivity contribution is 8.00. The van der Waals surface area contributed by atoms with E-state index in [-0.39, 0.29) is 11.7 Å². The molecule has 0 spiro atoms. The van der Waals surface area contributed by atoms with Gasteiger partial charge >= 0.3 is 5.69 Å². The summed E-state index contributed by atoms with van der Waals surface area (Å²) in [5.74, 6) is 0.121. The van der Waals surface area contributed by atoms with Gasteiger partial charge in [0.25, 0.3) is 0 Å². The van der Waals surface area contributed by atoms with Crippen LogP contribution in [0.1, 0.15) is 11.1 Å². The number of para-hydroxylation sites is 1. The molecule has 0 aliphatic rings. The maximum absolute atomic E-state index is 11.9. The molecule has 5 nitrogen and oxygen atoms in total. The standard InChI is InChI=1S/C14H15N3O2S/c1-9-5-3-4-6-11(9)16-12(18)8-20-13-10(2)7-15-14(19)17-13/h3-7H,8H2,1-2H3,(H,16,18)(H,15,17,19). The van der Waals surface area contributed by atoms with Crippen LogP contribution in [0.15, 0.2) is 40.3 Å². The van der Waals surface area contributed by atoms with Crippen molar-refractivity contribution < 1.29 is 4.79 Å². The second-order valence-corrected chi connectivity index (χ2v) is 5.34. The van der Waals surface area contributed by atoms with E-state index < -0.39 is 5.69 Å². The topological polar surface area (TPSA) is 74.8 Å². The Morgan fingerprint density at radius 3 is 2.80 bits per heavy atom. The molecule has 0 aliphatic carbocycles. The average molecular weight is 289 g/mol. The van der Waals surface area contributed by atoms with Crippen LogP contribution in [0.2, 0.25) is 0 Å². The van der Waals surface area contributed by atoms with Crippen LogP contribution in [0.3, 0.4) is 0 Å². The van der Waals surface area contributed by atoms with Crippen LogP contribution < -0.4 is 11.0 Å². The molecule has 0 unspecified atom stereocenters. The number of hydrogen-bond acceptors (Lipinski definition) is 4. The van der Waals surface area contributed by atoms with Gasteiger partial charge in [-0.1, -0.05) is 30.0 Å². The number of aromatic nitrogens is 2. The van der Waals surface area contributed by atoms with Crippen LogP contribution in [0.4, 0.5) is 5.69 Å². The van der Waals surface area contributed by atoms with Crippen molar-refractivity contribution in [2.24, 2.45) is 0 Å². The average Bonchev–Trinajstić information content (AvgIpc) is 2.42. The molecule has 1 heterocycles. The third-order valence-electron chi connectivity index (χ3n) is 2.72. The number of rotatable bonds is 4. The summed E-state index contributed by atoms with van der Waals surface area (Å²) in [5.41, 5.74) is 2.26. The summed E-state index contributed by atoms with van der Waals surface area (Å²) >= 11 is 1.29. The molecular weight excluding hydrogens is 274 g/mol. The van der Waals surface area contributed by atoms with Crippen molar-refractivity contribution >= 4 is 23.4 Å². The van der Waals surface area contributed by atoms with Crippen molar-refractivity contribution in [3.63, 3.8) is 0 Å². The van der Waals surface area contributed by atoms with Gasteiger partial charge in [0.1, 0.15) is 0 Å². The minimum atomic E-state index is -0.405. The van der Waals surface area contributed by atoms with E-state index in [0.717, 1.165) is 16.8 Å². The first kappa shape index (κ1) is 14.3. The van der Waals surface area contributed by atoms with E-state index in [1.807, 2.05) is 38.1 Å². The molecule has 1 amide bonds. The van der Waals surface area contributed by atoms with Gasteiger partial charge in [0.15, 0.2) is 0 Å². The fourth-order valence-corrected chi connectivity index (χ4v) is 2.42. The zero-order chi connectivity index (χ0) is 14.5. The number of amides is 1. The third kappa shape index (κ3) is 3.71. The highest BCUT2D eigenvalue weighted by Crippen LogP contribution is 2.18. The first-order valence-electron chi connectivity index (χ1n) is 6.10. The lowest BCUT2D eigenvalue weighted by molar-refractivity contribution is -0.113. The first-order valence-corrected chi connectivity index (χ1v) is 7.09. The summed E-state index contributed by atoms with van der Waals surface area (Å²) in [6, 6.07) is 7.59. The van der Waals surface area contributed by atoms with Crippen molar-refractivity contribution in [1.29, 1.82) is 0 Å². The summed E-state index contributed by atoms with van der Waals surface area (Å²) in [6.07, 6.45) is 1.50. The van der Waals surface area contributed by atoms with Gasteiger partial charge in [-0.05, 0) is 31.0 Å². The fraction of sp³-hybridized carbons (Fsp3) is 0.214. The Kier molecular flexibility index (Phi) is 4.57. The number of hydrogen-bond donors (Lipinski definition) is 2. The van der Waals surface area contributed by atoms with Gasteiger partial charge < -0.3 is 10.3 Å². The Hall–Kier alpha value is -2.08. The minimum Gasteiger partial charge on any atom is -0.325 e. The minimum absolute atomic E-state index is 0.110. The van der Waals surface area contributed by atoms with Crippen molar-refractivity contribution in [3.05, 3.63) is 52.1 Å². The van der Waals surface area contributed by atoms with E-state index in [9.17, 15) is 9.59 Å². The summed E-state index contributed by atoms with van der Waals surface area (Å²) in [7, 11) is 0. The lowest BCUT2D eigenvalue weighted by Gasteiger charge is -2.08. The first-order chi connectivity index (χ1) is 9.56. The number of carbonyl (C=O) groups is 1. The van der Waals surface area contributed by atoms with Crippen LogP contribution in [0.25, 0.3) is 0 Å². The van der Waals surface area contributed by atoms with Crippen LogP contribution in [0.5, 0.6) is 0 Å². The zero-order valence-electron chi connectivity index (χ0n) is 11.3. The quantitative estimate of drug-likeness (QED) is 0.668. The van der Waals surface area contributed by atoms with E-state index >= 15 is 0 Å². The second kappa shape index (κ2) is 6.38. The number of thioether (sulfide) groups is 1. The van der Waals surface area contributed by atoms with E-state index in [4.69, 9.17) is 0 Å². The van der Waals surface area contributed by atoms with Crippen LogP contribution >= 0.6 is 11.8 Å². The number of carbonyl (C=O) groups excluding carboxylic acids is 1. The number of H-pyrrole nitrogens is 1. The lowest BCUT2D eigenvalue weighted by atomic mass is 10.2. The summed E-state index contributed by atoms with van der Waals surface area (Å²) in [5, 5.41) is 3.52. The van der Waals surface area contributed by atoms with Gasteiger partial charge in [0, 0.05) is 11.9 Å². The smallest absolute Gasteiger partial charge is 0.325 e. The van der Waals surface area contributed by atoms with Gasteiger partial charge in [0.05, 0.1) is 10.8 Å². The van der Waals surface area contributed by atoms with E-state index in [2.05, 4.69) is 15.3 Å². The van der Waals surface area contributed by atoms with Crippen LogP contribution in [0, 0.1) is 13.8 Å². The second-order valence-electron chi connectivity index (χ2n) is 4.35. The van der Waals surface area contributed by atoms with Crippen LogP contribution in [-0.4, -0.2) is 21.6 Å². The Morgan fingerprint density at radius 2 is 2.05 bits per heavy atom. The summed E-state index contributed by atoms with van der Waals surface area (Å²) in [6.45, 7) is 3.78. The molecule has 0 fully saturated rings. The number of benzene rings is 1. The van der Waals surface area contributed by atoms with Gasteiger partial charge in [-0.15, -0.1) is 0 Å². The molecule has 0 saturated carbocycles. The van der Waals surface area contributed by atoms with E-state index in [1.54, 1.807) is 0 Å². The van der Waals surface area contributed by atoms with Crippen LogP contribution in [-0.2, 0) is 4.79 Å². The number of nitrogens with one attached hydrogen (secondary N) is 2. The molecule has 2 rings (SSSR count). The molecule has 2 aromatic rings. The van der Waals surface area contributed by atoms with Crippen molar-refractivity contribution in [3.8, 4) is 0 Å². The number of aryl methyl sites for hydroxylation is 2. The fourth-order valence-electron chi connectivity index (χ4n) is 1.63. The third-order valence-corrected chi connectivity index (χ3v) is 3.84. The summed E-state index contributed by atoms with van der Waals surface area (Å²) < 4.78 is 0. The van der Waals surface area contributed by atoms with E-state index in [0.29, 0.717) is 5.03 Å². The Morgan fingerprint density at radius 1 is 1.30 bits per heavy atom. The molecule has 1 aromatic heterocycles. The maximum Gasteiger partial charge on any atom is 0.345 e. The van der Waals surface area contributed by atoms with Crippen molar-refractivity contribution in [2.45, 2.75) is 18.9 Å². The molecular formula is C14H15N3O2S. The normalized spacial score (nSPS) is 10.3. The predicted octanol–water partition coefficient (Wildman–Crippen LogP) is 2.12. The van der Waals surface area contributed by atoms with Gasteiger partial charge in [-0.2, -0.15) is 0 Å². The molecule has 1 aromatic carbocycles. The van der Waals surface area contributed by atoms with E-state index in [1.165, 1.54) is 18.0 Å². The SMILES string of the molecule is Cc1ccccc1NC(=O)CSc1[nH]c(=O)ncc1C. The zero-order valence-corrected chi connectivity index (χ0v) is 12.1. The molecule has 6 heteroatoms. The van der Waals surface area contributed by atoms with Gasteiger partial charge in [-0.3, -0.25) is 4.79 Å². The maximum atomic E-state index is 11.9. The number of anilines is 1. The Bertz CT molecular complexity index is 682. The number of aromatic amines is 1. The monoisotopic (exact) mass is 289 g/mol. The highest BCUT2D eigenvalue weighted by atomic mass is 32.2. The number of nitrogens with zero attached hydrogens (tertiary/aromatic N) is 1. The molecule has 2 N–H and O–H groups in total. The molecule has 0 aliphatic heterocycles. The Balaban J connectivity index is 1.97. The highest BCUT2D eigenvalue weighted by Gasteiger charge is 2.07. The van der Waals surface area contributed by atoms with Gasteiger partial charge in [0.2, 0.25) is 5.91 Å². The van der Waals surface area contributed by atoms with Crippen molar-refractivity contribution in [1.82, 2.24) is 9.97 Å². The Labute approximate surface area is 120 Å². The molecule has 20 heavy (non-hydrogen) atoms. The predicted molar refractivity (Wildman–Crippen MR) is 80.1 cm³/mol. The lowest BCUT2D eigenvalue weighted by Crippen LogP contribution is -2.16.